The van der Waals surface area contributed by atoms with Crippen LogP contribution in [0.5, 0.6) is 0 Å². The van der Waals surface area contributed by atoms with Crippen LogP contribution in [-0.2, 0) is 4.79 Å². The number of fused-ring (bicyclic) bond motifs is 1. The van der Waals surface area contributed by atoms with E-state index in [-0.39, 0.29) is 11.9 Å². The summed E-state index contributed by atoms with van der Waals surface area (Å²) in [7, 11) is 0. The summed E-state index contributed by atoms with van der Waals surface area (Å²) in [4.78, 5) is 13.5. The SMILES string of the molecule is NC1CC(=O)N(c2cccc3cn[nH]c23)C1. The number of nitrogens with zero attached hydrogens (tertiary/aromatic N) is 2. The molecule has 1 atom stereocenters. The average Bonchev–Trinajstić information content (AvgIpc) is 2.84. The highest BCUT2D eigenvalue weighted by atomic mass is 16.2. The molecule has 1 fully saturated rings. The lowest BCUT2D eigenvalue weighted by Gasteiger charge is -2.16. The van der Waals surface area contributed by atoms with E-state index in [4.69, 9.17) is 5.73 Å². The Hall–Kier alpha value is -1.88. The Bertz CT molecular complexity index is 548. The fourth-order valence-corrected chi connectivity index (χ4v) is 2.15. The van der Waals surface area contributed by atoms with Gasteiger partial charge < -0.3 is 10.6 Å². The van der Waals surface area contributed by atoms with Crippen LogP contribution in [0.25, 0.3) is 10.9 Å². The summed E-state index contributed by atoms with van der Waals surface area (Å²) < 4.78 is 0. The van der Waals surface area contributed by atoms with Crippen LogP contribution in [0.2, 0.25) is 0 Å². The molecule has 0 spiro atoms. The van der Waals surface area contributed by atoms with Crippen LogP contribution in [0.4, 0.5) is 5.69 Å². The predicted octanol–water partition coefficient (Wildman–Crippen LogP) is 0.627. The van der Waals surface area contributed by atoms with E-state index in [2.05, 4.69) is 10.2 Å². The lowest BCUT2D eigenvalue weighted by molar-refractivity contribution is -0.117. The zero-order valence-corrected chi connectivity index (χ0v) is 8.68. The van der Waals surface area contributed by atoms with Crippen LogP contribution in [-0.4, -0.2) is 28.7 Å². The monoisotopic (exact) mass is 216 g/mol. The van der Waals surface area contributed by atoms with Crippen LogP contribution in [0, 0.1) is 0 Å². The number of hydrogen-bond acceptors (Lipinski definition) is 3. The van der Waals surface area contributed by atoms with E-state index in [1.54, 1.807) is 11.1 Å². The number of para-hydroxylation sites is 1. The summed E-state index contributed by atoms with van der Waals surface area (Å²) in [6, 6.07) is 5.73. The summed E-state index contributed by atoms with van der Waals surface area (Å²) in [5, 5.41) is 7.90. The summed E-state index contributed by atoms with van der Waals surface area (Å²) in [6.07, 6.45) is 2.17. The van der Waals surface area contributed by atoms with Gasteiger partial charge in [-0.2, -0.15) is 5.10 Å². The molecule has 0 radical (unpaired) electrons. The van der Waals surface area contributed by atoms with Crippen LogP contribution in [0.1, 0.15) is 6.42 Å². The maximum absolute atomic E-state index is 11.8. The van der Waals surface area contributed by atoms with Crippen molar-refractivity contribution in [3.63, 3.8) is 0 Å². The Morgan fingerprint density at radius 3 is 3.12 bits per heavy atom. The minimum atomic E-state index is -0.0642. The van der Waals surface area contributed by atoms with Gasteiger partial charge in [0.05, 0.1) is 17.4 Å². The maximum Gasteiger partial charge on any atom is 0.228 e. The second-order valence-corrected chi connectivity index (χ2v) is 4.08. The molecular weight excluding hydrogens is 204 g/mol. The molecule has 3 N–H and O–H groups in total. The van der Waals surface area contributed by atoms with Crippen molar-refractivity contribution < 1.29 is 4.79 Å². The van der Waals surface area contributed by atoms with Gasteiger partial charge in [0.25, 0.3) is 0 Å². The molecule has 82 valence electrons. The molecule has 5 heteroatoms. The van der Waals surface area contributed by atoms with Gasteiger partial charge in [-0.05, 0) is 6.07 Å². The van der Waals surface area contributed by atoms with Gasteiger partial charge >= 0.3 is 0 Å². The van der Waals surface area contributed by atoms with E-state index in [0.29, 0.717) is 13.0 Å². The number of nitrogens with two attached hydrogens (primary N) is 1. The number of rotatable bonds is 1. The van der Waals surface area contributed by atoms with Crippen LogP contribution in [0.15, 0.2) is 24.4 Å². The molecular formula is C11H12N4O. The first kappa shape index (κ1) is 9.35. The third kappa shape index (κ3) is 1.29. The highest BCUT2D eigenvalue weighted by Crippen LogP contribution is 2.27. The van der Waals surface area contributed by atoms with Crippen molar-refractivity contribution in [1.29, 1.82) is 0 Å². The molecule has 0 bridgehead atoms. The van der Waals surface area contributed by atoms with E-state index in [1.165, 1.54) is 0 Å². The third-order valence-electron chi connectivity index (χ3n) is 2.90. The number of hydrogen-bond donors (Lipinski definition) is 2. The van der Waals surface area contributed by atoms with Crippen molar-refractivity contribution in [3.8, 4) is 0 Å². The minimum Gasteiger partial charge on any atom is -0.326 e. The standard InChI is InChI=1S/C11H12N4O/c12-8-4-10(16)15(6-8)9-3-1-2-7-5-13-14-11(7)9/h1-3,5,8H,4,6,12H2,(H,13,14). The molecule has 1 saturated heterocycles. The van der Waals surface area contributed by atoms with Gasteiger partial charge in [-0.1, -0.05) is 12.1 Å². The Kier molecular flexibility index (Phi) is 1.94. The Balaban J connectivity index is 2.12. The van der Waals surface area contributed by atoms with E-state index in [9.17, 15) is 4.79 Å². The number of carbonyl (C=O) groups excluding carboxylic acids is 1. The molecule has 1 amide bonds. The molecule has 1 aliphatic rings. The number of carbonyl (C=O) groups is 1. The van der Waals surface area contributed by atoms with Gasteiger partial charge in [0.2, 0.25) is 5.91 Å². The summed E-state index contributed by atoms with van der Waals surface area (Å²) >= 11 is 0. The minimum absolute atomic E-state index is 0.0642. The highest BCUT2D eigenvalue weighted by Gasteiger charge is 2.29. The van der Waals surface area contributed by atoms with Crippen LogP contribution >= 0.6 is 0 Å². The van der Waals surface area contributed by atoms with Crippen molar-refractivity contribution in [2.45, 2.75) is 12.5 Å². The van der Waals surface area contributed by atoms with Gasteiger partial charge in [0, 0.05) is 24.4 Å². The second-order valence-electron chi connectivity index (χ2n) is 4.08. The van der Waals surface area contributed by atoms with Crippen molar-refractivity contribution in [2.24, 2.45) is 5.73 Å². The van der Waals surface area contributed by atoms with Crippen molar-refractivity contribution in [3.05, 3.63) is 24.4 Å². The molecule has 5 nitrogen and oxygen atoms in total. The fraction of sp³-hybridized carbons (Fsp3) is 0.273. The smallest absolute Gasteiger partial charge is 0.228 e. The molecule has 16 heavy (non-hydrogen) atoms. The second kappa shape index (κ2) is 3.31. The molecule has 1 aromatic carbocycles. The number of aromatic nitrogens is 2. The van der Waals surface area contributed by atoms with Gasteiger partial charge in [0.1, 0.15) is 0 Å². The lowest BCUT2D eigenvalue weighted by atomic mass is 10.2. The van der Waals surface area contributed by atoms with E-state index in [1.807, 2.05) is 18.2 Å². The first-order valence-corrected chi connectivity index (χ1v) is 5.24. The predicted molar refractivity (Wildman–Crippen MR) is 61.0 cm³/mol. The number of aromatic amines is 1. The molecule has 1 aromatic heterocycles. The molecule has 2 heterocycles. The van der Waals surface area contributed by atoms with Gasteiger partial charge in [-0.3, -0.25) is 9.89 Å². The topological polar surface area (TPSA) is 75.0 Å². The van der Waals surface area contributed by atoms with E-state index in [0.717, 1.165) is 16.6 Å². The van der Waals surface area contributed by atoms with E-state index < -0.39 is 0 Å². The largest absolute Gasteiger partial charge is 0.326 e. The number of nitrogens with one attached hydrogen (secondary N) is 1. The van der Waals surface area contributed by atoms with Crippen molar-refractivity contribution in [1.82, 2.24) is 10.2 Å². The van der Waals surface area contributed by atoms with Gasteiger partial charge in [0.15, 0.2) is 0 Å². The van der Waals surface area contributed by atoms with Crippen LogP contribution in [0.3, 0.4) is 0 Å². The summed E-state index contributed by atoms with van der Waals surface area (Å²) in [5.41, 5.74) is 7.55. The van der Waals surface area contributed by atoms with Crippen LogP contribution < -0.4 is 10.6 Å². The average molecular weight is 216 g/mol. The summed E-state index contributed by atoms with van der Waals surface area (Å²) in [5.74, 6) is 0.0783. The van der Waals surface area contributed by atoms with Crippen molar-refractivity contribution >= 4 is 22.5 Å². The molecule has 0 saturated carbocycles. The number of H-pyrrole nitrogens is 1. The van der Waals surface area contributed by atoms with Gasteiger partial charge in [-0.15, -0.1) is 0 Å². The maximum atomic E-state index is 11.8. The number of anilines is 1. The molecule has 0 aliphatic carbocycles. The van der Waals surface area contributed by atoms with Crippen molar-refractivity contribution in [2.75, 3.05) is 11.4 Å². The molecule has 1 unspecified atom stereocenters. The lowest BCUT2D eigenvalue weighted by Crippen LogP contribution is -2.28. The third-order valence-corrected chi connectivity index (χ3v) is 2.90. The number of amides is 1. The summed E-state index contributed by atoms with van der Waals surface area (Å²) in [6.45, 7) is 0.580. The van der Waals surface area contributed by atoms with Gasteiger partial charge in [-0.25, -0.2) is 0 Å². The molecule has 1 aliphatic heterocycles. The first-order valence-electron chi connectivity index (χ1n) is 5.24. The van der Waals surface area contributed by atoms with E-state index >= 15 is 0 Å². The Morgan fingerprint density at radius 2 is 2.38 bits per heavy atom. The Morgan fingerprint density at radius 1 is 1.50 bits per heavy atom. The Labute approximate surface area is 92.2 Å². The molecule has 3 rings (SSSR count). The normalized spacial score (nSPS) is 20.9. The quantitative estimate of drug-likeness (QED) is 0.734. The molecule has 2 aromatic rings. The zero-order valence-electron chi connectivity index (χ0n) is 8.68. The first-order chi connectivity index (χ1) is 7.75. The number of benzene rings is 1. The zero-order chi connectivity index (χ0) is 11.1. The fourth-order valence-electron chi connectivity index (χ4n) is 2.15. The highest BCUT2D eigenvalue weighted by molar-refractivity contribution is 6.03.